The Hall–Kier alpha value is -1.55. The van der Waals surface area contributed by atoms with Crippen LogP contribution < -0.4 is 5.32 Å². The number of carbonyl (C=O) groups is 1. The summed E-state index contributed by atoms with van der Waals surface area (Å²) in [6, 6.07) is 5.70. The van der Waals surface area contributed by atoms with Crippen LogP contribution >= 0.6 is 0 Å². The average molecular weight is 277 g/mol. The fourth-order valence-electron chi connectivity index (χ4n) is 2.20. The average Bonchev–Trinajstić information content (AvgIpc) is 2.46. The highest BCUT2D eigenvalue weighted by molar-refractivity contribution is 5.90. The molecule has 1 aliphatic heterocycles. The first-order chi connectivity index (χ1) is 9.66. The molecule has 4 nitrogen and oxygen atoms in total. The summed E-state index contributed by atoms with van der Waals surface area (Å²) < 4.78 is 10.6. The van der Waals surface area contributed by atoms with Crippen LogP contribution in [0.3, 0.4) is 0 Å². The van der Waals surface area contributed by atoms with E-state index in [4.69, 9.17) is 9.47 Å². The van der Waals surface area contributed by atoms with Crippen LogP contribution in [0, 0.1) is 5.92 Å². The van der Waals surface area contributed by atoms with E-state index in [-0.39, 0.29) is 5.97 Å². The molecule has 0 unspecified atom stereocenters. The maximum atomic E-state index is 11.9. The van der Waals surface area contributed by atoms with E-state index in [1.54, 1.807) is 0 Å². The minimum Gasteiger partial charge on any atom is -0.460 e. The van der Waals surface area contributed by atoms with E-state index in [0.717, 1.165) is 25.1 Å². The van der Waals surface area contributed by atoms with E-state index in [2.05, 4.69) is 19.2 Å². The maximum Gasteiger partial charge on any atom is 0.338 e. The highest BCUT2D eigenvalue weighted by atomic mass is 16.6. The van der Waals surface area contributed by atoms with Gasteiger partial charge in [0.15, 0.2) is 0 Å². The van der Waals surface area contributed by atoms with Crippen LogP contribution in [0.4, 0.5) is 5.69 Å². The molecular weight excluding hydrogens is 254 g/mol. The smallest absolute Gasteiger partial charge is 0.338 e. The second kappa shape index (κ2) is 7.29. The minimum absolute atomic E-state index is 0.272. The molecule has 0 saturated carbocycles. The van der Waals surface area contributed by atoms with Crippen molar-refractivity contribution in [3.8, 4) is 0 Å². The Morgan fingerprint density at radius 2 is 2.20 bits per heavy atom. The molecule has 0 spiro atoms. The van der Waals surface area contributed by atoms with Crippen LogP contribution in [-0.2, 0) is 15.9 Å². The third kappa shape index (κ3) is 4.23. The molecular formula is C16H23NO3. The third-order valence-electron chi connectivity index (χ3n) is 3.19. The van der Waals surface area contributed by atoms with Crippen molar-refractivity contribution in [1.29, 1.82) is 0 Å². The van der Waals surface area contributed by atoms with Crippen LogP contribution in [0.5, 0.6) is 0 Å². The van der Waals surface area contributed by atoms with Crippen LogP contribution in [0.25, 0.3) is 0 Å². The molecule has 0 bridgehead atoms. The highest BCUT2D eigenvalue weighted by Crippen LogP contribution is 2.23. The molecule has 110 valence electrons. The second-order valence-electron chi connectivity index (χ2n) is 5.51. The van der Waals surface area contributed by atoms with Gasteiger partial charge in [0.2, 0.25) is 0 Å². The summed E-state index contributed by atoms with van der Waals surface area (Å²) in [5, 5.41) is 3.33. The molecule has 0 aliphatic carbocycles. The minimum atomic E-state index is -0.272. The number of benzene rings is 1. The molecule has 1 N–H and O–H groups in total. The Balaban J connectivity index is 1.80. The lowest BCUT2D eigenvalue weighted by Gasteiger charge is -2.18. The summed E-state index contributed by atoms with van der Waals surface area (Å²) >= 11 is 0. The summed E-state index contributed by atoms with van der Waals surface area (Å²) in [7, 11) is 0. The normalized spacial score (nSPS) is 13.8. The molecule has 0 fully saturated rings. The van der Waals surface area contributed by atoms with Gasteiger partial charge in [0, 0.05) is 18.8 Å². The largest absolute Gasteiger partial charge is 0.460 e. The Labute approximate surface area is 120 Å². The van der Waals surface area contributed by atoms with Gasteiger partial charge in [-0.05, 0) is 42.5 Å². The molecule has 0 radical (unpaired) electrons. The zero-order valence-corrected chi connectivity index (χ0v) is 12.3. The molecule has 20 heavy (non-hydrogen) atoms. The zero-order valence-electron chi connectivity index (χ0n) is 12.3. The second-order valence-corrected chi connectivity index (χ2v) is 5.51. The van der Waals surface area contributed by atoms with E-state index < -0.39 is 0 Å². The van der Waals surface area contributed by atoms with Gasteiger partial charge in [-0.3, -0.25) is 0 Å². The molecule has 1 heterocycles. The van der Waals surface area contributed by atoms with Gasteiger partial charge in [-0.2, -0.15) is 0 Å². The van der Waals surface area contributed by atoms with E-state index in [0.29, 0.717) is 31.3 Å². The van der Waals surface area contributed by atoms with Crippen molar-refractivity contribution >= 4 is 11.7 Å². The molecule has 2 rings (SSSR count). The SMILES string of the molecule is CC(C)COCCOC(=O)c1ccc2c(c1)CCCN2. The number of carbonyl (C=O) groups excluding carboxylic acids is 1. The Morgan fingerprint density at radius 1 is 1.35 bits per heavy atom. The molecule has 4 heteroatoms. The van der Waals surface area contributed by atoms with Crippen molar-refractivity contribution in [2.24, 2.45) is 5.92 Å². The summed E-state index contributed by atoms with van der Waals surface area (Å²) in [5.41, 5.74) is 2.95. The van der Waals surface area contributed by atoms with Gasteiger partial charge in [0.1, 0.15) is 6.61 Å². The molecule has 0 aromatic heterocycles. The number of ether oxygens (including phenoxy) is 2. The van der Waals surface area contributed by atoms with Crippen molar-refractivity contribution in [3.05, 3.63) is 29.3 Å². The van der Waals surface area contributed by atoms with E-state index in [9.17, 15) is 4.79 Å². The monoisotopic (exact) mass is 277 g/mol. The Bertz CT molecular complexity index is 457. The standard InChI is InChI=1S/C16H23NO3/c1-12(2)11-19-8-9-20-16(18)14-5-6-15-13(10-14)4-3-7-17-15/h5-6,10,12,17H,3-4,7-9,11H2,1-2H3. The lowest BCUT2D eigenvalue weighted by atomic mass is 10.0. The highest BCUT2D eigenvalue weighted by Gasteiger charge is 2.13. The predicted octanol–water partition coefficient (Wildman–Crippen LogP) is 2.87. The zero-order chi connectivity index (χ0) is 14.4. The maximum absolute atomic E-state index is 11.9. The Morgan fingerprint density at radius 3 is 3.00 bits per heavy atom. The fourth-order valence-corrected chi connectivity index (χ4v) is 2.20. The van der Waals surface area contributed by atoms with Crippen molar-refractivity contribution in [2.45, 2.75) is 26.7 Å². The summed E-state index contributed by atoms with van der Waals surface area (Å²) in [6.07, 6.45) is 2.12. The topological polar surface area (TPSA) is 47.6 Å². The number of rotatable bonds is 6. The van der Waals surface area contributed by atoms with Crippen LogP contribution in [0.15, 0.2) is 18.2 Å². The first-order valence-corrected chi connectivity index (χ1v) is 7.28. The summed E-state index contributed by atoms with van der Waals surface area (Å²) in [4.78, 5) is 11.9. The number of anilines is 1. The van der Waals surface area contributed by atoms with Crippen molar-refractivity contribution < 1.29 is 14.3 Å². The number of fused-ring (bicyclic) bond motifs is 1. The third-order valence-corrected chi connectivity index (χ3v) is 3.19. The summed E-state index contributed by atoms with van der Waals surface area (Å²) in [5.74, 6) is 0.227. The van der Waals surface area contributed by atoms with Gasteiger partial charge in [-0.25, -0.2) is 4.79 Å². The van der Waals surface area contributed by atoms with Gasteiger partial charge < -0.3 is 14.8 Å². The van der Waals surface area contributed by atoms with Crippen LogP contribution in [-0.4, -0.2) is 32.3 Å². The van der Waals surface area contributed by atoms with Gasteiger partial charge in [-0.15, -0.1) is 0 Å². The number of hydrogen-bond donors (Lipinski definition) is 1. The first-order valence-electron chi connectivity index (χ1n) is 7.28. The fraction of sp³-hybridized carbons (Fsp3) is 0.562. The quantitative estimate of drug-likeness (QED) is 0.641. The number of nitrogens with one attached hydrogen (secondary N) is 1. The Kier molecular flexibility index (Phi) is 5.41. The molecule has 1 aromatic rings. The first kappa shape index (κ1) is 14.9. The van der Waals surface area contributed by atoms with Crippen molar-refractivity contribution in [2.75, 3.05) is 31.7 Å². The van der Waals surface area contributed by atoms with E-state index in [1.165, 1.54) is 5.56 Å². The van der Waals surface area contributed by atoms with E-state index >= 15 is 0 Å². The van der Waals surface area contributed by atoms with Gasteiger partial charge in [0.05, 0.1) is 12.2 Å². The molecule has 0 atom stereocenters. The van der Waals surface area contributed by atoms with Crippen molar-refractivity contribution in [1.82, 2.24) is 0 Å². The summed E-state index contributed by atoms with van der Waals surface area (Å²) in [6.45, 7) is 6.64. The molecule has 0 amide bonds. The number of hydrogen-bond acceptors (Lipinski definition) is 4. The van der Waals surface area contributed by atoms with Gasteiger partial charge in [0.25, 0.3) is 0 Å². The number of esters is 1. The van der Waals surface area contributed by atoms with Gasteiger partial charge in [-0.1, -0.05) is 13.8 Å². The van der Waals surface area contributed by atoms with Crippen LogP contribution in [0.2, 0.25) is 0 Å². The molecule has 0 saturated heterocycles. The molecule has 1 aromatic carbocycles. The lowest BCUT2D eigenvalue weighted by Crippen LogP contribution is -2.15. The van der Waals surface area contributed by atoms with Gasteiger partial charge >= 0.3 is 5.97 Å². The van der Waals surface area contributed by atoms with E-state index in [1.807, 2.05) is 18.2 Å². The lowest BCUT2D eigenvalue weighted by molar-refractivity contribution is 0.0277. The van der Waals surface area contributed by atoms with Crippen LogP contribution in [0.1, 0.15) is 36.2 Å². The number of aryl methyl sites for hydroxylation is 1. The molecule has 1 aliphatic rings. The predicted molar refractivity (Wildman–Crippen MR) is 79.2 cm³/mol. The van der Waals surface area contributed by atoms with Crippen molar-refractivity contribution in [3.63, 3.8) is 0 Å².